The minimum Gasteiger partial charge on any atom is -0.610 e. The molecule has 4 heterocycles. The average Bonchev–Trinajstić information content (AvgIpc) is 4.16. The summed E-state index contributed by atoms with van der Waals surface area (Å²) in [6.45, 7) is 7.39. The molecule has 0 saturated carbocycles. The van der Waals surface area contributed by atoms with Crippen molar-refractivity contribution >= 4 is 81.7 Å². The van der Waals surface area contributed by atoms with E-state index in [0.29, 0.717) is 55.3 Å². The lowest BCUT2D eigenvalue weighted by Crippen LogP contribution is -2.68. The van der Waals surface area contributed by atoms with Gasteiger partial charge in [0.05, 0.1) is 50.6 Å². The van der Waals surface area contributed by atoms with Gasteiger partial charge in [-0.05, 0) is 58.1 Å². The molecule has 2 bridgehead atoms. The van der Waals surface area contributed by atoms with Crippen LogP contribution in [-0.4, -0.2) is 188 Å². The van der Waals surface area contributed by atoms with Gasteiger partial charge in [-0.15, -0.1) is 0 Å². The van der Waals surface area contributed by atoms with Crippen molar-refractivity contribution in [3.05, 3.63) is 23.8 Å². The summed E-state index contributed by atoms with van der Waals surface area (Å²) in [7, 11) is 1.43. The van der Waals surface area contributed by atoms with E-state index >= 15 is 9.35 Å². The number of carbonyl (C=O) groups excluding carboxylic acids is 10. The van der Waals surface area contributed by atoms with E-state index in [4.69, 9.17) is 15.2 Å². The number of carbonyl (C=O) groups is 10. The first-order valence-corrected chi connectivity index (χ1v) is 28.2. The number of fused-ring (bicyclic) bond motifs is 5. The molecule has 13 N–H and O–H groups in total. The number of aldehydes is 1. The zero-order valence-corrected chi connectivity index (χ0v) is 47.2. The van der Waals surface area contributed by atoms with Gasteiger partial charge in [-0.2, -0.15) is 0 Å². The largest absolute Gasteiger partial charge is 0.610 e. The molecule has 1 aromatic carbocycles. The number of amides is 9. The fraction of sp³-hybridized carbons (Fsp3) is 0.654. The fourth-order valence-electron chi connectivity index (χ4n) is 9.84. The summed E-state index contributed by atoms with van der Waals surface area (Å²) in [5.74, 6) is -10.1. The molecular formula is C52H79N11O16S. The first-order valence-electron chi connectivity index (χ1n) is 26.9. The maximum atomic E-state index is 15.6. The van der Waals surface area contributed by atoms with Crippen LogP contribution >= 0.6 is 0 Å². The van der Waals surface area contributed by atoms with Crippen molar-refractivity contribution in [1.82, 2.24) is 52.0 Å². The number of benzene rings is 1. The van der Waals surface area contributed by atoms with Gasteiger partial charge in [0.25, 0.3) is 0 Å². The number of aliphatic hydroxyl groups excluding tert-OH is 3. The number of alkyl carbamates (subject to hydrolysis) is 1. The Morgan fingerprint density at radius 1 is 0.938 bits per heavy atom. The van der Waals surface area contributed by atoms with Gasteiger partial charge in [-0.1, -0.05) is 40.0 Å². The summed E-state index contributed by atoms with van der Waals surface area (Å²) in [4.78, 5) is 140. The van der Waals surface area contributed by atoms with Crippen LogP contribution in [0, 0.1) is 11.8 Å². The Kier molecular flexibility index (Phi) is 23.1. The highest BCUT2D eigenvalue weighted by atomic mass is 32.2. The quantitative estimate of drug-likeness (QED) is 0.0437. The zero-order chi connectivity index (χ0) is 59.2. The summed E-state index contributed by atoms with van der Waals surface area (Å²) in [5, 5.41) is 53.8. The van der Waals surface area contributed by atoms with Gasteiger partial charge >= 0.3 is 6.09 Å². The van der Waals surface area contributed by atoms with Crippen molar-refractivity contribution in [2.45, 2.75) is 165 Å². The lowest BCUT2D eigenvalue weighted by atomic mass is 9.92. The van der Waals surface area contributed by atoms with Crippen molar-refractivity contribution in [1.29, 1.82) is 0 Å². The number of nitrogens with two attached hydrogens (primary N) is 1. The van der Waals surface area contributed by atoms with E-state index in [1.165, 1.54) is 14.0 Å². The maximum Gasteiger partial charge on any atom is 0.407 e. The number of unbranched alkanes of at least 4 members (excludes halogenated alkanes) is 3. The molecule has 9 amide bonds. The van der Waals surface area contributed by atoms with Crippen LogP contribution in [0.5, 0.6) is 5.75 Å². The van der Waals surface area contributed by atoms with E-state index in [0.717, 1.165) is 4.90 Å². The SMILES string of the molecule is CC[C@H](C)[C@@H]1NC(=O)CNC(=O)C2Cc3c(n(CCCCCCNC(=O)OC(C)(C)C)c4cc(OC)ccc34)[S@+]([O-])CC(NC(=O)CNC1=O)C(=O)N[C@@H](CCC(N)=O)C(=O)N1C[C@H](O)C[C@]1(C=O)N[C@@H]([C@@H](C)[C@@H](O)CO)C(=O)N2. The molecule has 28 heteroatoms. The molecule has 80 heavy (non-hydrogen) atoms. The van der Waals surface area contributed by atoms with Gasteiger partial charge in [0.15, 0.2) is 18.0 Å². The highest BCUT2D eigenvalue weighted by Crippen LogP contribution is 2.36. The van der Waals surface area contributed by atoms with Crippen LogP contribution in [0.4, 0.5) is 4.79 Å². The third-order valence-corrected chi connectivity index (χ3v) is 15.9. The van der Waals surface area contributed by atoms with Gasteiger partial charge < -0.3 is 81.8 Å². The van der Waals surface area contributed by atoms with E-state index < -0.39 is 188 Å². The standard InChI is InChI=1S/C52H79N11O16S/c1-8-28(2)42-46(73)56-22-40(69)57-36-26-80(77)49-33(32-14-13-31(78-7)19-37(32)62(49)18-12-10-9-11-17-54-50(76)79-51(4,5)6)20-35(44(71)55-23-41(70)60-42)59-47(74)43(29(3)38(67)25-64)61-52(27-65)21-30(66)24-63(52)48(75)34(58-45(36)72)15-16-39(53)68/h13-14,19,27-30,34-36,38,42-43,61,64,66-67H,8-12,15-18,20-26H2,1-7H3,(H2,53,68)(H,54,76)(H,55,71)(H,56,73)(H,57,69)(H,58,72)(H,59,74)(H,60,70)/t28-,29-,30+,34-,35?,36?,38-,42-,43-,52-,80+/m0/s1. The summed E-state index contributed by atoms with van der Waals surface area (Å²) in [6.07, 6.45) is -3.07. The molecule has 1 saturated heterocycles. The van der Waals surface area contributed by atoms with Crippen LogP contribution in [0.2, 0.25) is 0 Å². The molecule has 11 atom stereocenters. The Labute approximate surface area is 466 Å². The van der Waals surface area contributed by atoms with E-state index in [1.54, 1.807) is 57.4 Å². The number of aromatic nitrogens is 1. The van der Waals surface area contributed by atoms with Gasteiger partial charge in [0, 0.05) is 73.0 Å². The summed E-state index contributed by atoms with van der Waals surface area (Å²) < 4.78 is 28.3. The highest BCUT2D eigenvalue weighted by Gasteiger charge is 2.53. The second-order valence-corrected chi connectivity index (χ2v) is 23.0. The lowest BCUT2D eigenvalue weighted by molar-refractivity contribution is -0.147. The van der Waals surface area contributed by atoms with Gasteiger partial charge in [0.1, 0.15) is 35.2 Å². The normalized spacial score (nSPS) is 26.1. The average molecular weight is 1150 g/mol. The van der Waals surface area contributed by atoms with Crippen molar-refractivity contribution in [2.24, 2.45) is 17.6 Å². The molecule has 0 radical (unpaired) electrons. The number of aliphatic hydroxyl groups is 3. The number of nitrogens with zero attached hydrogens (tertiary/aromatic N) is 2. The van der Waals surface area contributed by atoms with Crippen molar-refractivity contribution < 1.29 is 77.3 Å². The first-order chi connectivity index (χ1) is 37.8. The second-order valence-electron chi connectivity index (χ2n) is 21.6. The minimum absolute atomic E-state index is 0.0152. The molecule has 5 rings (SSSR count). The molecule has 1 aromatic heterocycles. The van der Waals surface area contributed by atoms with Crippen molar-refractivity contribution in [2.75, 3.05) is 45.6 Å². The number of hydrogen-bond donors (Lipinski definition) is 12. The minimum atomic E-state index is -2.41. The second kappa shape index (κ2) is 28.7. The third kappa shape index (κ3) is 16.7. The molecule has 1 fully saturated rings. The Hall–Kier alpha value is -6.59. The monoisotopic (exact) mass is 1150 g/mol. The van der Waals surface area contributed by atoms with E-state index in [1.807, 2.05) is 0 Å². The molecule has 0 spiro atoms. The number of primary amides is 1. The van der Waals surface area contributed by atoms with Gasteiger partial charge in [0.2, 0.25) is 52.3 Å². The maximum absolute atomic E-state index is 15.6. The lowest BCUT2D eigenvalue weighted by Gasteiger charge is -2.41. The summed E-state index contributed by atoms with van der Waals surface area (Å²) in [5.41, 5.74) is 3.13. The zero-order valence-electron chi connectivity index (χ0n) is 46.3. The number of aryl methyl sites for hydroxylation is 1. The molecule has 27 nitrogen and oxygen atoms in total. The fourth-order valence-corrected chi connectivity index (χ4v) is 11.4. The number of methoxy groups -OCH3 is 1. The van der Waals surface area contributed by atoms with Crippen LogP contribution in [0.1, 0.15) is 98.5 Å². The number of nitrogens with one attached hydrogen (secondary N) is 8. The predicted molar refractivity (Wildman–Crippen MR) is 288 cm³/mol. The van der Waals surface area contributed by atoms with Crippen LogP contribution < -0.4 is 53.0 Å². The van der Waals surface area contributed by atoms with Crippen molar-refractivity contribution in [3.8, 4) is 5.75 Å². The van der Waals surface area contributed by atoms with Crippen LogP contribution in [0.25, 0.3) is 10.9 Å². The van der Waals surface area contributed by atoms with Gasteiger partial charge in [-0.3, -0.25) is 48.5 Å². The molecular weight excluding hydrogens is 1070 g/mol. The van der Waals surface area contributed by atoms with Crippen LogP contribution in [-0.2, 0) is 72.0 Å². The number of hydrogen-bond acceptors (Lipinski definition) is 17. The molecule has 2 unspecified atom stereocenters. The summed E-state index contributed by atoms with van der Waals surface area (Å²) in [6, 6.07) is -3.47. The molecule has 3 aliphatic heterocycles. The Morgan fingerprint density at radius 3 is 2.25 bits per heavy atom. The van der Waals surface area contributed by atoms with Crippen molar-refractivity contribution in [3.63, 3.8) is 0 Å². The Morgan fingerprint density at radius 2 is 1.61 bits per heavy atom. The molecule has 444 valence electrons. The van der Waals surface area contributed by atoms with E-state index in [2.05, 4.69) is 42.5 Å². The summed E-state index contributed by atoms with van der Waals surface area (Å²) >= 11 is -2.41. The van der Waals surface area contributed by atoms with E-state index in [9.17, 15) is 58.5 Å². The predicted octanol–water partition coefficient (Wildman–Crippen LogP) is -2.67. The number of rotatable bonds is 17. The molecule has 0 aliphatic carbocycles. The Balaban J connectivity index is 1.77. The smallest absolute Gasteiger partial charge is 0.407 e. The topological polar surface area (TPSA) is 403 Å². The number of ether oxygens (including phenoxy) is 2. The van der Waals surface area contributed by atoms with Crippen LogP contribution in [0.3, 0.4) is 0 Å². The molecule has 3 aliphatic rings. The first kappa shape index (κ1) is 64.2. The third-order valence-electron chi connectivity index (χ3n) is 14.4. The van der Waals surface area contributed by atoms with Gasteiger partial charge in [-0.25, -0.2) is 4.79 Å². The Bertz CT molecular complexity index is 2600. The molecule has 2 aromatic rings. The highest BCUT2D eigenvalue weighted by molar-refractivity contribution is 7.91. The van der Waals surface area contributed by atoms with Crippen LogP contribution in [0.15, 0.2) is 23.2 Å². The van der Waals surface area contributed by atoms with E-state index in [-0.39, 0.29) is 23.4 Å².